The van der Waals surface area contributed by atoms with Crippen molar-refractivity contribution in [2.24, 2.45) is 5.92 Å². The molecule has 1 fully saturated rings. The molecular weight excluding hydrogens is 451 g/mol. The molecule has 5 rings (SSSR count). The highest BCUT2D eigenvalue weighted by atomic mass is 32.2. The SMILES string of the molecule is Cc1cccc(S(=O)(=O)N2CC[C@@H]3[C@H]2c2cc(C#Cc4ccc(F)cc4)ccc2N[C@@H]3CO)c1. The summed E-state index contributed by atoms with van der Waals surface area (Å²) >= 11 is 0. The Labute approximate surface area is 199 Å². The van der Waals surface area contributed by atoms with E-state index in [9.17, 15) is 17.9 Å². The van der Waals surface area contributed by atoms with E-state index in [0.717, 1.165) is 22.4 Å². The van der Waals surface area contributed by atoms with Crippen LogP contribution in [0.1, 0.15) is 34.7 Å². The first-order chi connectivity index (χ1) is 16.4. The second-order valence-corrected chi connectivity index (χ2v) is 10.7. The zero-order valence-corrected chi connectivity index (χ0v) is 19.5. The minimum atomic E-state index is -3.73. The van der Waals surface area contributed by atoms with Crippen LogP contribution in [0.15, 0.2) is 71.6 Å². The lowest BCUT2D eigenvalue weighted by molar-refractivity contribution is 0.210. The Morgan fingerprint density at radius 1 is 1.06 bits per heavy atom. The fourth-order valence-corrected chi connectivity index (χ4v) is 6.73. The van der Waals surface area contributed by atoms with Crippen LogP contribution in [0.2, 0.25) is 0 Å². The summed E-state index contributed by atoms with van der Waals surface area (Å²) in [4.78, 5) is 0.279. The second kappa shape index (κ2) is 8.88. The molecule has 3 aromatic rings. The van der Waals surface area contributed by atoms with Crippen LogP contribution >= 0.6 is 0 Å². The molecule has 0 amide bonds. The highest BCUT2D eigenvalue weighted by molar-refractivity contribution is 7.89. The van der Waals surface area contributed by atoms with E-state index in [4.69, 9.17) is 0 Å². The number of fused-ring (bicyclic) bond motifs is 3. The van der Waals surface area contributed by atoms with Gasteiger partial charge in [-0.2, -0.15) is 4.31 Å². The number of aliphatic hydroxyl groups is 1. The van der Waals surface area contributed by atoms with Crippen molar-refractivity contribution in [2.45, 2.75) is 30.3 Å². The Hall–Kier alpha value is -3.18. The van der Waals surface area contributed by atoms with E-state index in [1.165, 1.54) is 12.1 Å². The lowest BCUT2D eigenvalue weighted by Crippen LogP contribution is -2.42. The molecule has 3 atom stereocenters. The van der Waals surface area contributed by atoms with Crippen LogP contribution in [0.3, 0.4) is 0 Å². The van der Waals surface area contributed by atoms with E-state index in [1.807, 2.05) is 31.2 Å². The quantitative estimate of drug-likeness (QED) is 0.559. The molecule has 0 bridgehead atoms. The lowest BCUT2D eigenvalue weighted by Gasteiger charge is -2.38. The normalized spacial score (nSPS) is 21.7. The van der Waals surface area contributed by atoms with Gasteiger partial charge in [0.1, 0.15) is 5.82 Å². The van der Waals surface area contributed by atoms with Gasteiger partial charge in [-0.25, -0.2) is 12.8 Å². The third-order valence-electron chi connectivity index (χ3n) is 6.61. The van der Waals surface area contributed by atoms with E-state index in [-0.39, 0.29) is 29.3 Å². The van der Waals surface area contributed by atoms with E-state index >= 15 is 0 Å². The molecule has 0 unspecified atom stereocenters. The number of nitrogens with one attached hydrogen (secondary N) is 1. The lowest BCUT2D eigenvalue weighted by atomic mass is 9.83. The molecule has 2 aliphatic rings. The summed E-state index contributed by atoms with van der Waals surface area (Å²) in [5, 5.41) is 13.4. The largest absolute Gasteiger partial charge is 0.394 e. The minimum absolute atomic E-state index is 0.0580. The van der Waals surface area contributed by atoms with Crippen LogP contribution in [0, 0.1) is 30.5 Å². The van der Waals surface area contributed by atoms with Crippen molar-refractivity contribution < 1.29 is 17.9 Å². The van der Waals surface area contributed by atoms with Gasteiger partial charge in [0.05, 0.1) is 23.6 Å². The van der Waals surface area contributed by atoms with Gasteiger partial charge < -0.3 is 10.4 Å². The van der Waals surface area contributed by atoms with E-state index < -0.39 is 16.1 Å². The van der Waals surface area contributed by atoms with Crippen molar-refractivity contribution in [2.75, 3.05) is 18.5 Å². The first-order valence-corrected chi connectivity index (χ1v) is 12.7. The summed E-state index contributed by atoms with van der Waals surface area (Å²) in [6.07, 6.45) is 0.652. The van der Waals surface area contributed by atoms with E-state index in [1.54, 1.807) is 34.6 Å². The molecule has 2 heterocycles. The standard InChI is InChI=1S/C27H25FN2O3S/c1-18-3-2-4-22(15-18)34(32,33)30-14-13-23-26(17-31)29-25-12-9-20(16-24(25)27(23)30)6-5-19-7-10-21(28)11-8-19/h2-4,7-12,15-16,23,26-27,29,31H,13-14,17H2,1H3/t23-,26+,27-/m0/s1. The maximum absolute atomic E-state index is 13.7. The first-order valence-electron chi connectivity index (χ1n) is 11.2. The van der Waals surface area contributed by atoms with Gasteiger partial charge in [0.15, 0.2) is 0 Å². The Morgan fingerprint density at radius 2 is 1.79 bits per heavy atom. The molecule has 2 aliphatic heterocycles. The van der Waals surface area contributed by atoms with Crippen LogP contribution in [-0.2, 0) is 10.0 Å². The van der Waals surface area contributed by atoms with Crippen molar-refractivity contribution in [3.8, 4) is 11.8 Å². The van der Waals surface area contributed by atoms with E-state index in [2.05, 4.69) is 17.2 Å². The maximum atomic E-state index is 13.7. The number of hydrogen-bond acceptors (Lipinski definition) is 4. The number of nitrogens with zero attached hydrogens (tertiary/aromatic N) is 1. The van der Waals surface area contributed by atoms with Gasteiger partial charge in [-0.1, -0.05) is 24.0 Å². The molecule has 2 N–H and O–H groups in total. The average Bonchev–Trinajstić information content (AvgIpc) is 3.30. The fraction of sp³-hybridized carbons (Fsp3) is 0.259. The molecule has 0 aliphatic carbocycles. The Balaban J connectivity index is 1.55. The minimum Gasteiger partial charge on any atom is -0.394 e. The molecule has 0 aromatic heterocycles. The van der Waals surface area contributed by atoms with Gasteiger partial charge in [-0.3, -0.25) is 0 Å². The summed E-state index contributed by atoms with van der Waals surface area (Å²) in [5.74, 6) is 5.78. The van der Waals surface area contributed by atoms with Crippen LogP contribution in [0.4, 0.5) is 10.1 Å². The van der Waals surface area contributed by atoms with Crippen molar-refractivity contribution in [3.63, 3.8) is 0 Å². The predicted molar refractivity (Wildman–Crippen MR) is 129 cm³/mol. The van der Waals surface area contributed by atoms with Gasteiger partial charge in [-0.15, -0.1) is 0 Å². The van der Waals surface area contributed by atoms with Gasteiger partial charge in [0.25, 0.3) is 0 Å². The zero-order valence-electron chi connectivity index (χ0n) is 18.7. The Morgan fingerprint density at radius 3 is 2.53 bits per heavy atom. The average molecular weight is 477 g/mol. The summed E-state index contributed by atoms with van der Waals surface area (Å²) in [6.45, 7) is 2.18. The molecule has 0 spiro atoms. The number of aryl methyl sites for hydroxylation is 1. The number of rotatable bonds is 3. The van der Waals surface area contributed by atoms with Crippen LogP contribution < -0.4 is 5.32 Å². The summed E-state index contributed by atoms with van der Waals surface area (Å²) in [5.41, 5.74) is 3.98. The van der Waals surface area contributed by atoms with Crippen molar-refractivity contribution >= 4 is 15.7 Å². The Bertz CT molecular complexity index is 1390. The number of aliphatic hydroxyl groups excluding tert-OH is 1. The predicted octanol–water partition coefficient (Wildman–Crippen LogP) is 4.07. The topological polar surface area (TPSA) is 69.6 Å². The number of halogens is 1. The highest BCUT2D eigenvalue weighted by Crippen LogP contribution is 2.48. The Kier molecular flexibility index (Phi) is 5.90. The maximum Gasteiger partial charge on any atom is 0.243 e. The monoisotopic (exact) mass is 476 g/mol. The van der Waals surface area contributed by atoms with Crippen molar-refractivity contribution in [1.82, 2.24) is 4.31 Å². The fourth-order valence-electron chi connectivity index (χ4n) is 4.96. The van der Waals surface area contributed by atoms with Crippen LogP contribution in [-0.4, -0.2) is 37.0 Å². The first kappa shape index (κ1) is 22.6. The number of anilines is 1. The van der Waals surface area contributed by atoms with Gasteiger partial charge in [-0.05, 0) is 79.1 Å². The van der Waals surface area contributed by atoms with Crippen molar-refractivity contribution in [1.29, 1.82) is 0 Å². The number of sulfonamides is 1. The number of hydrogen-bond donors (Lipinski definition) is 2. The molecule has 5 nitrogen and oxygen atoms in total. The van der Waals surface area contributed by atoms with Crippen LogP contribution in [0.5, 0.6) is 0 Å². The third kappa shape index (κ3) is 4.09. The van der Waals surface area contributed by atoms with Gasteiger partial charge in [0.2, 0.25) is 10.0 Å². The molecule has 0 radical (unpaired) electrons. The summed E-state index contributed by atoms with van der Waals surface area (Å²) in [6, 6.07) is 18.0. The van der Waals surface area contributed by atoms with Crippen molar-refractivity contribution in [3.05, 3.63) is 94.8 Å². The zero-order chi connectivity index (χ0) is 23.9. The molecular formula is C27H25FN2O3S. The van der Waals surface area contributed by atoms with E-state index in [0.29, 0.717) is 18.5 Å². The van der Waals surface area contributed by atoms with Gasteiger partial charge >= 0.3 is 0 Å². The molecule has 174 valence electrons. The van der Waals surface area contributed by atoms with Gasteiger partial charge in [0, 0.05) is 29.3 Å². The molecule has 3 aromatic carbocycles. The van der Waals surface area contributed by atoms with Crippen LogP contribution in [0.25, 0.3) is 0 Å². The second-order valence-electron chi connectivity index (χ2n) is 8.82. The molecule has 7 heteroatoms. The molecule has 1 saturated heterocycles. The molecule has 0 saturated carbocycles. The third-order valence-corrected chi connectivity index (χ3v) is 8.49. The smallest absolute Gasteiger partial charge is 0.243 e. The summed E-state index contributed by atoms with van der Waals surface area (Å²) in [7, 11) is -3.73. The highest BCUT2D eigenvalue weighted by Gasteiger charge is 2.48. The summed E-state index contributed by atoms with van der Waals surface area (Å²) < 4.78 is 42.1. The number of benzene rings is 3. The molecule has 34 heavy (non-hydrogen) atoms.